The summed E-state index contributed by atoms with van der Waals surface area (Å²) < 4.78 is 0. The first-order chi connectivity index (χ1) is 4.59. The van der Waals surface area contributed by atoms with Crippen molar-refractivity contribution in [2.45, 2.75) is 0 Å². The third kappa shape index (κ3) is 2.57. The van der Waals surface area contributed by atoms with Crippen LogP contribution in [0.25, 0.3) is 0 Å². The van der Waals surface area contributed by atoms with Gasteiger partial charge >= 0.3 is 0 Å². The van der Waals surface area contributed by atoms with Crippen molar-refractivity contribution in [3.8, 4) is 0 Å². The molecule has 0 saturated carbocycles. The first kappa shape index (κ1) is 9.07. The minimum Gasteiger partial charge on any atom is -0.396 e. The van der Waals surface area contributed by atoms with Gasteiger partial charge in [-0.1, -0.05) is 0 Å². The Kier molecular flexibility index (Phi) is 3.61. The van der Waals surface area contributed by atoms with E-state index in [-0.39, 0.29) is 0 Å². The molecule has 0 aromatic heterocycles. The summed E-state index contributed by atoms with van der Waals surface area (Å²) >= 11 is 0. The maximum atomic E-state index is 4.63. The SMILES string of the molecule is CON=C(N(C)C)N(C)C. The molecule has 0 aliphatic carbocycles. The van der Waals surface area contributed by atoms with Crippen LogP contribution in [0.15, 0.2) is 5.16 Å². The molecule has 0 bridgehead atoms. The summed E-state index contributed by atoms with van der Waals surface area (Å²) in [6, 6.07) is 0. The van der Waals surface area contributed by atoms with E-state index in [1.165, 1.54) is 7.11 Å². The van der Waals surface area contributed by atoms with Gasteiger partial charge in [0, 0.05) is 28.2 Å². The molecule has 4 nitrogen and oxygen atoms in total. The van der Waals surface area contributed by atoms with Crippen molar-refractivity contribution in [1.82, 2.24) is 9.80 Å². The lowest BCUT2D eigenvalue weighted by Gasteiger charge is -2.20. The molecular formula is C6H15N3O. The second-order valence-corrected chi connectivity index (χ2v) is 2.36. The highest BCUT2D eigenvalue weighted by atomic mass is 16.6. The van der Waals surface area contributed by atoms with Crippen molar-refractivity contribution in [2.24, 2.45) is 5.16 Å². The molecule has 0 rings (SSSR count). The molecule has 0 aliphatic rings. The lowest BCUT2D eigenvalue weighted by atomic mass is 10.7. The van der Waals surface area contributed by atoms with E-state index in [0.29, 0.717) is 0 Å². The van der Waals surface area contributed by atoms with E-state index in [1.807, 2.05) is 38.0 Å². The molecule has 60 valence electrons. The second kappa shape index (κ2) is 3.98. The van der Waals surface area contributed by atoms with Gasteiger partial charge in [-0.3, -0.25) is 0 Å². The fraction of sp³-hybridized carbons (Fsp3) is 0.833. The molecule has 0 aliphatic heterocycles. The molecule has 0 N–H and O–H groups in total. The topological polar surface area (TPSA) is 28.1 Å². The number of guanidine groups is 1. The Hall–Kier alpha value is -0.930. The normalized spacial score (nSPS) is 8.50. The maximum Gasteiger partial charge on any atom is 0.237 e. The molecule has 0 spiro atoms. The van der Waals surface area contributed by atoms with E-state index in [4.69, 9.17) is 0 Å². The molecule has 0 saturated heterocycles. The first-order valence-electron chi connectivity index (χ1n) is 3.05. The highest BCUT2D eigenvalue weighted by Crippen LogP contribution is 1.87. The Balaban J connectivity index is 4.12. The van der Waals surface area contributed by atoms with Crippen LogP contribution in [0, 0.1) is 0 Å². The van der Waals surface area contributed by atoms with E-state index in [2.05, 4.69) is 9.99 Å². The van der Waals surface area contributed by atoms with Crippen LogP contribution < -0.4 is 0 Å². The van der Waals surface area contributed by atoms with Gasteiger partial charge in [-0.15, -0.1) is 0 Å². The molecule has 0 aromatic carbocycles. The van der Waals surface area contributed by atoms with Gasteiger partial charge in [0.1, 0.15) is 7.11 Å². The molecule has 0 fully saturated rings. The Morgan fingerprint density at radius 3 is 1.60 bits per heavy atom. The zero-order chi connectivity index (χ0) is 8.15. The minimum absolute atomic E-state index is 0.794. The predicted molar refractivity (Wildman–Crippen MR) is 41.8 cm³/mol. The number of oxime groups is 1. The number of hydrogen-bond donors (Lipinski definition) is 0. The van der Waals surface area contributed by atoms with Gasteiger partial charge in [0.25, 0.3) is 0 Å². The molecule has 0 amide bonds. The van der Waals surface area contributed by atoms with Crippen molar-refractivity contribution >= 4 is 5.96 Å². The molecule has 0 heterocycles. The first-order valence-corrected chi connectivity index (χ1v) is 3.05. The van der Waals surface area contributed by atoms with Crippen LogP contribution in [0.2, 0.25) is 0 Å². The average molecular weight is 145 g/mol. The summed E-state index contributed by atoms with van der Waals surface area (Å²) in [5.41, 5.74) is 0. The number of rotatable bonds is 1. The fourth-order valence-corrected chi connectivity index (χ4v) is 0.645. The van der Waals surface area contributed by atoms with E-state index in [0.717, 1.165) is 5.96 Å². The maximum absolute atomic E-state index is 4.63. The van der Waals surface area contributed by atoms with Crippen LogP contribution >= 0.6 is 0 Å². The van der Waals surface area contributed by atoms with Crippen LogP contribution in [0.4, 0.5) is 0 Å². The Bertz CT molecular complexity index is 110. The van der Waals surface area contributed by atoms with E-state index in [1.54, 1.807) is 0 Å². The van der Waals surface area contributed by atoms with Gasteiger partial charge in [-0.2, -0.15) is 0 Å². The summed E-state index contributed by atoms with van der Waals surface area (Å²) in [5.74, 6) is 0.794. The van der Waals surface area contributed by atoms with Crippen molar-refractivity contribution in [3.63, 3.8) is 0 Å². The molecule has 0 unspecified atom stereocenters. The molecular weight excluding hydrogens is 130 g/mol. The monoisotopic (exact) mass is 145 g/mol. The van der Waals surface area contributed by atoms with Crippen LogP contribution in [0.3, 0.4) is 0 Å². The van der Waals surface area contributed by atoms with Gasteiger partial charge < -0.3 is 14.6 Å². The van der Waals surface area contributed by atoms with Gasteiger partial charge in [-0.25, -0.2) is 0 Å². The predicted octanol–water partition coefficient (Wildman–Crippen LogP) is 0.0270. The van der Waals surface area contributed by atoms with Gasteiger partial charge in [0.2, 0.25) is 5.96 Å². The summed E-state index contributed by atoms with van der Waals surface area (Å²) in [6.07, 6.45) is 0. The molecule has 0 atom stereocenters. The van der Waals surface area contributed by atoms with Gasteiger partial charge in [0.05, 0.1) is 0 Å². The zero-order valence-corrected chi connectivity index (χ0v) is 7.25. The minimum atomic E-state index is 0.794. The van der Waals surface area contributed by atoms with Crippen molar-refractivity contribution < 1.29 is 4.84 Å². The Morgan fingerprint density at radius 2 is 1.50 bits per heavy atom. The second-order valence-electron chi connectivity index (χ2n) is 2.36. The van der Waals surface area contributed by atoms with Crippen molar-refractivity contribution in [2.75, 3.05) is 35.3 Å². The zero-order valence-electron chi connectivity index (χ0n) is 7.25. The number of nitrogens with zero attached hydrogens (tertiary/aromatic N) is 3. The van der Waals surface area contributed by atoms with Crippen LogP contribution in [-0.2, 0) is 4.84 Å². The van der Waals surface area contributed by atoms with Crippen LogP contribution in [-0.4, -0.2) is 51.1 Å². The average Bonchev–Trinajstić information content (AvgIpc) is 1.81. The highest BCUT2D eigenvalue weighted by Gasteiger charge is 2.02. The third-order valence-electron chi connectivity index (χ3n) is 0.973. The standard InChI is InChI=1S/C6H15N3O/c1-8(2)6(7-10-5)9(3)4/h1-5H3. The summed E-state index contributed by atoms with van der Waals surface area (Å²) in [4.78, 5) is 8.39. The van der Waals surface area contributed by atoms with Crippen LogP contribution in [0.1, 0.15) is 0 Å². The van der Waals surface area contributed by atoms with Gasteiger partial charge in [-0.05, 0) is 5.16 Å². The lowest BCUT2D eigenvalue weighted by molar-refractivity contribution is 0.200. The quantitative estimate of drug-likeness (QED) is 0.296. The van der Waals surface area contributed by atoms with E-state index < -0.39 is 0 Å². The summed E-state index contributed by atoms with van der Waals surface area (Å²) in [5, 5.41) is 3.79. The summed E-state index contributed by atoms with van der Waals surface area (Å²) in [6.45, 7) is 0. The van der Waals surface area contributed by atoms with E-state index in [9.17, 15) is 0 Å². The lowest BCUT2D eigenvalue weighted by Crippen LogP contribution is -2.35. The van der Waals surface area contributed by atoms with Crippen molar-refractivity contribution in [3.05, 3.63) is 0 Å². The van der Waals surface area contributed by atoms with Crippen molar-refractivity contribution in [1.29, 1.82) is 0 Å². The Labute approximate surface area is 62.0 Å². The molecule has 4 heteroatoms. The number of hydrogen-bond acceptors (Lipinski definition) is 2. The molecule has 0 radical (unpaired) electrons. The molecule has 0 aromatic rings. The van der Waals surface area contributed by atoms with Crippen LogP contribution in [0.5, 0.6) is 0 Å². The summed E-state index contributed by atoms with van der Waals surface area (Å²) in [7, 11) is 9.19. The Morgan fingerprint density at radius 1 is 1.10 bits per heavy atom. The fourth-order valence-electron chi connectivity index (χ4n) is 0.645. The molecule has 10 heavy (non-hydrogen) atoms. The smallest absolute Gasteiger partial charge is 0.237 e. The highest BCUT2D eigenvalue weighted by molar-refractivity contribution is 5.78. The third-order valence-corrected chi connectivity index (χ3v) is 0.973. The van der Waals surface area contributed by atoms with Gasteiger partial charge in [0.15, 0.2) is 0 Å². The largest absolute Gasteiger partial charge is 0.396 e. The van der Waals surface area contributed by atoms with E-state index >= 15 is 0 Å².